The predicted molar refractivity (Wildman–Crippen MR) is 84.8 cm³/mol. The largest absolute Gasteiger partial charge is 0.337 e. The minimum atomic E-state index is -0.163. The van der Waals surface area contributed by atoms with Gasteiger partial charge in [-0.1, -0.05) is 16.8 Å². The molecule has 0 radical (unpaired) electrons. The summed E-state index contributed by atoms with van der Waals surface area (Å²) in [5.74, 6) is 0.651. The van der Waals surface area contributed by atoms with E-state index in [0.717, 1.165) is 5.56 Å². The number of hydrogen-bond acceptors (Lipinski definition) is 5. The molecule has 3 rings (SSSR count). The van der Waals surface area contributed by atoms with Crippen molar-refractivity contribution in [1.29, 1.82) is 0 Å². The molecule has 6 nitrogen and oxygen atoms in total. The first-order valence-electron chi connectivity index (χ1n) is 6.87. The van der Waals surface area contributed by atoms with Gasteiger partial charge in [0.1, 0.15) is 0 Å². The highest BCUT2D eigenvalue weighted by molar-refractivity contribution is 6.30. The van der Waals surface area contributed by atoms with Gasteiger partial charge in [-0.2, -0.15) is 4.98 Å². The third kappa shape index (κ3) is 3.54. The van der Waals surface area contributed by atoms with E-state index in [1.54, 1.807) is 37.5 Å². The van der Waals surface area contributed by atoms with Gasteiger partial charge >= 0.3 is 0 Å². The quantitative estimate of drug-likeness (QED) is 0.736. The van der Waals surface area contributed by atoms with Crippen LogP contribution in [0.4, 0.5) is 0 Å². The van der Waals surface area contributed by atoms with Crippen LogP contribution in [0.2, 0.25) is 5.02 Å². The van der Waals surface area contributed by atoms with Gasteiger partial charge in [0.2, 0.25) is 11.7 Å². The number of carbonyl (C=O) groups excluding carboxylic acids is 1. The number of benzene rings is 1. The lowest BCUT2D eigenvalue weighted by molar-refractivity contribution is 0.0769. The summed E-state index contributed by atoms with van der Waals surface area (Å²) in [7, 11) is 1.67. The van der Waals surface area contributed by atoms with E-state index in [2.05, 4.69) is 15.1 Å². The standard InChI is InChI=1S/C16H13ClN4O2/c1-21(16(22)12-3-2-8-18-9-12)10-14-19-15(20-23-14)11-4-6-13(17)7-5-11/h2-9H,10H2,1H3. The zero-order chi connectivity index (χ0) is 16.2. The van der Waals surface area contributed by atoms with Crippen LogP contribution in [0.3, 0.4) is 0 Å². The molecule has 7 heteroatoms. The van der Waals surface area contributed by atoms with E-state index in [1.807, 2.05) is 12.1 Å². The second kappa shape index (κ2) is 6.58. The van der Waals surface area contributed by atoms with Crippen molar-refractivity contribution in [3.63, 3.8) is 0 Å². The maximum atomic E-state index is 12.2. The van der Waals surface area contributed by atoms with Crippen molar-refractivity contribution >= 4 is 17.5 Å². The lowest BCUT2D eigenvalue weighted by atomic mass is 10.2. The molecule has 3 aromatic rings. The topological polar surface area (TPSA) is 72.1 Å². The number of hydrogen-bond donors (Lipinski definition) is 0. The Morgan fingerprint density at radius 2 is 2.04 bits per heavy atom. The number of amides is 1. The molecule has 2 aromatic heterocycles. The zero-order valence-electron chi connectivity index (χ0n) is 12.3. The van der Waals surface area contributed by atoms with Gasteiger partial charge in [-0.3, -0.25) is 9.78 Å². The Kier molecular flexibility index (Phi) is 4.34. The predicted octanol–water partition coefficient (Wildman–Crippen LogP) is 3.06. The van der Waals surface area contributed by atoms with Gasteiger partial charge < -0.3 is 9.42 Å². The Morgan fingerprint density at radius 1 is 1.26 bits per heavy atom. The third-order valence-corrected chi connectivity index (χ3v) is 3.45. The molecular formula is C16H13ClN4O2. The average molecular weight is 329 g/mol. The number of rotatable bonds is 4. The summed E-state index contributed by atoms with van der Waals surface area (Å²) < 4.78 is 5.20. The average Bonchev–Trinajstić information content (AvgIpc) is 3.04. The highest BCUT2D eigenvalue weighted by Gasteiger charge is 2.16. The maximum Gasteiger partial charge on any atom is 0.255 e. The van der Waals surface area contributed by atoms with Crippen LogP contribution in [0.15, 0.2) is 53.3 Å². The van der Waals surface area contributed by atoms with Crippen molar-refractivity contribution in [3.8, 4) is 11.4 Å². The third-order valence-electron chi connectivity index (χ3n) is 3.20. The van der Waals surface area contributed by atoms with Crippen molar-refractivity contribution in [2.45, 2.75) is 6.54 Å². The van der Waals surface area contributed by atoms with Crippen LogP contribution in [-0.2, 0) is 6.54 Å². The van der Waals surface area contributed by atoms with Gasteiger partial charge in [0.15, 0.2) is 0 Å². The fraction of sp³-hybridized carbons (Fsp3) is 0.125. The summed E-state index contributed by atoms with van der Waals surface area (Å²) in [5, 5.41) is 4.56. The van der Waals surface area contributed by atoms with Crippen LogP contribution < -0.4 is 0 Å². The Morgan fingerprint density at radius 3 is 2.74 bits per heavy atom. The van der Waals surface area contributed by atoms with Crippen LogP contribution in [0.5, 0.6) is 0 Å². The first-order chi connectivity index (χ1) is 11.1. The summed E-state index contributed by atoms with van der Waals surface area (Å²) in [6.07, 6.45) is 3.14. The van der Waals surface area contributed by atoms with Crippen LogP contribution >= 0.6 is 11.6 Å². The molecule has 0 spiro atoms. The highest BCUT2D eigenvalue weighted by Crippen LogP contribution is 2.19. The molecule has 0 unspecified atom stereocenters. The van der Waals surface area contributed by atoms with E-state index in [4.69, 9.17) is 16.1 Å². The minimum absolute atomic E-state index is 0.163. The number of aromatic nitrogens is 3. The van der Waals surface area contributed by atoms with E-state index >= 15 is 0 Å². The Labute approximate surface area is 137 Å². The smallest absolute Gasteiger partial charge is 0.255 e. The molecule has 0 saturated heterocycles. The lowest BCUT2D eigenvalue weighted by Crippen LogP contribution is -2.26. The first-order valence-corrected chi connectivity index (χ1v) is 7.25. The molecule has 0 bridgehead atoms. The van der Waals surface area contributed by atoms with Crippen molar-refractivity contribution < 1.29 is 9.32 Å². The van der Waals surface area contributed by atoms with E-state index in [0.29, 0.717) is 22.3 Å². The molecule has 0 saturated carbocycles. The van der Waals surface area contributed by atoms with Crippen LogP contribution in [0, 0.1) is 0 Å². The highest BCUT2D eigenvalue weighted by atomic mass is 35.5. The van der Waals surface area contributed by atoms with Crippen LogP contribution in [-0.4, -0.2) is 33.0 Å². The van der Waals surface area contributed by atoms with Crippen molar-refractivity contribution in [3.05, 3.63) is 65.3 Å². The minimum Gasteiger partial charge on any atom is -0.337 e. The molecule has 0 N–H and O–H groups in total. The van der Waals surface area contributed by atoms with Gasteiger partial charge in [-0.25, -0.2) is 0 Å². The summed E-state index contributed by atoms with van der Waals surface area (Å²) in [6, 6.07) is 10.5. The second-order valence-corrected chi connectivity index (χ2v) is 5.36. The van der Waals surface area contributed by atoms with Gasteiger partial charge in [0.05, 0.1) is 12.1 Å². The molecule has 116 valence electrons. The lowest BCUT2D eigenvalue weighted by Gasteiger charge is -2.14. The Balaban J connectivity index is 1.71. The molecule has 0 aliphatic rings. The molecule has 0 aliphatic heterocycles. The number of halogens is 1. The molecule has 0 fully saturated rings. The fourth-order valence-corrected chi connectivity index (χ4v) is 2.15. The zero-order valence-corrected chi connectivity index (χ0v) is 13.1. The number of carbonyl (C=O) groups is 1. The number of nitrogens with zero attached hydrogens (tertiary/aromatic N) is 4. The molecule has 0 aliphatic carbocycles. The van der Waals surface area contributed by atoms with Crippen molar-refractivity contribution in [1.82, 2.24) is 20.0 Å². The molecular weight excluding hydrogens is 316 g/mol. The van der Waals surface area contributed by atoms with Crippen molar-refractivity contribution in [2.75, 3.05) is 7.05 Å². The summed E-state index contributed by atoms with van der Waals surface area (Å²) >= 11 is 5.85. The normalized spacial score (nSPS) is 10.5. The van der Waals surface area contributed by atoms with Gasteiger partial charge in [0.25, 0.3) is 5.91 Å². The summed E-state index contributed by atoms with van der Waals surface area (Å²) in [6.45, 7) is 0.217. The monoisotopic (exact) mass is 328 g/mol. The van der Waals surface area contributed by atoms with E-state index in [9.17, 15) is 4.79 Å². The van der Waals surface area contributed by atoms with Gasteiger partial charge in [-0.15, -0.1) is 0 Å². The summed E-state index contributed by atoms with van der Waals surface area (Å²) in [4.78, 5) is 22.0. The van der Waals surface area contributed by atoms with E-state index < -0.39 is 0 Å². The Bertz CT molecular complexity index is 802. The SMILES string of the molecule is CN(Cc1nc(-c2ccc(Cl)cc2)no1)C(=O)c1cccnc1. The van der Waals surface area contributed by atoms with Crippen molar-refractivity contribution in [2.24, 2.45) is 0 Å². The molecule has 23 heavy (non-hydrogen) atoms. The number of pyridine rings is 1. The Hall–Kier alpha value is -2.73. The second-order valence-electron chi connectivity index (χ2n) is 4.92. The maximum absolute atomic E-state index is 12.2. The molecule has 1 amide bonds. The molecule has 2 heterocycles. The van der Waals surface area contributed by atoms with E-state index in [1.165, 1.54) is 11.1 Å². The molecule has 0 atom stereocenters. The van der Waals surface area contributed by atoms with Crippen LogP contribution in [0.25, 0.3) is 11.4 Å². The fourth-order valence-electron chi connectivity index (χ4n) is 2.02. The van der Waals surface area contributed by atoms with Gasteiger partial charge in [-0.05, 0) is 36.4 Å². The van der Waals surface area contributed by atoms with Gasteiger partial charge in [0, 0.05) is 30.0 Å². The molecule has 1 aromatic carbocycles. The van der Waals surface area contributed by atoms with E-state index in [-0.39, 0.29) is 12.5 Å². The van der Waals surface area contributed by atoms with Crippen LogP contribution in [0.1, 0.15) is 16.2 Å². The summed E-state index contributed by atoms with van der Waals surface area (Å²) in [5.41, 5.74) is 1.30. The first kappa shape index (κ1) is 15.2.